The van der Waals surface area contributed by atoms with Crippen LogP contribution < -0.4 is 0 Å². The molecule has 1 N–H and O–H groups in total. The van der Waals surface area contributed by atoms with Crippen molar-refractivity contribution >= 4 is 43.7 Å². The molecular formula is C13H20CaO2. The molecule has 3 heteroatoms. The average Bonchev–Trinajstić information content (AvgIpc) is 2.27. The van der Waals surface area contributed by atoms with Gasteiger partial charge in [-0.25, -0.2) is 0 Å². The van der Waals surface area contributed by atoms with Crippen LogP contribution in [0.3, 0.4) is 0 Å². The number of unbranched alkanes of at least 4 members (excludes halogenated alkanes) is 1. The standard InChI is InChI=1S/C13H18O2.Ca.2H/c1-3-4-10-13(2,12(14)15)11-8-6-5-7-9-11;;;/h5-9H,3-4,10H2,1-2H3,(H,14,15);;;/q;+2;2*-1. The molecule has 1 atom stereocenters. The Labute approximate surface area is 130 Å². The van der Waals surface area contributed by atoms with Crippen LogP contribution >= 0.6 is 0 Å². The largest absolute Gasteiger partial charge is 2.00 e. The smallest absolute Gasteiger partial charge is 1.00 e. The SMILES string of the molecule is CCCCC(C)(C(=O)O)c1ccccc1.[Ca+2].[H-].[H-]. The average molecular weight is 248 g/mol. The van der Waals surface area contributed by atoms with Crippen molar-refractivity contribution in [1.29, 1.82) is 0 Å². The van der Waals surface area contributed by atoms with Gasteiger partial charge in [0.15, 0.2) is 0 Å². The summed E-state index contributed by atoms with van der Waals surface area (Å²) in [7, 11) is 0. The summed E-state index contributed by atoms with van der Waals surface area (Å²) in [5, 5.41) is 9.31. The van der Waals surface area contributed by atoms with Crippen molar-refractivity contribution in [2.45, 2.75) is 38.5 Å². The monoisotopic (exact) mass is 248 g/mol. The second kappa shape index (κ2) is 7.31. The Bertz CT molecular complexity index is 333. The molecule has 0 aliphatic heterocycles. The van der Waals surface area contributed by atoms with Gasteiger partial charge in [0.25, 0.3) is 0 Å². The van der Waals surface area contributed by atoms with Gasteiger partial charge in [0.1, 0.15) is 0 Å². The molecule has 2 nitrogen and oxygen atoms in total. The van der Waals surface area contributed by atoms with Gasteiger partial charge in [-0.15, -0.1) is 0 Å². The molecule has 0 aromatic heterocycles. The first-order chi connectivity index (χ1) is 7.11. The van der Waals surface area contributed by atoms with Crippen molar-refractivity contribution in [3.05, 3.63) is 35.9 Å². The third-order valence-corrected chi connectivity index (χ3v) is 2.91. The van der Waals surface area contributed by atoms with Crippen LogP contribution in [0.4, 0.5) is 0 Å². The summed E-state index contributed by atoms with van der Waals surface area (Å²) in [5.74, 6) is -0.734. The fourth-order valence-electron chi connectivity index (χ4n) is 1.71. The molecular weight excluding hydrogens is 228 g/mol. The fraction of sp³-hybridized carbons (Fsp3) is 0.462. The van der Waals surface area contributed by atoms with E-state index in [1.165, 1.54) is 0 Å². The number of hydrogen-bond acceptors (Lipinski definition) is 1. The molecule has 0 bridgehead atoms. The minimum Gasteiger partial charge on any atom is -1.00 e. The number of carbonyl (C=O) groups is 1. The van der Waals surface area contributed by atoms with Crippen molar-refractivity contribution in [2.24, 2.45) is 0 Å². The number of carboxylic acids is 1. The maximum absolute atomic E-state index is 11.3. The molecule has 0 saturated carbocycles. The number of rotatable bonds is 5. The molecule has 0 heterocycles. The normalized spacial score (nSPS) is 13.6. The van der Waals surface area contributed by atoms with Gasteiger partial charge >= 0.3 is 43.7 Å². The summed E-state index contributed by atoms with van der Waals surface area (Å²) in [6, 6.07) is 9.48. The molecule has 1 aromatic rings. The molecule has 1 rings (SSSR count). The van der Waals surface area contributed by atoms with Crippen LogP contribution in [0.25, 0.3) is 0 Å². The predicted molar refractivity (Wildman–Crippen MR) is 68.9 cm³/mol. The second-order valence-electron chi connectivity index (χ2n) is 4.11. The Balaban J connectivity index is -0.000000750. The maximum Gasteiger partial charge on any atom is 2.00 e. The fourth-order valence-corrected chi connectivity index (χ4v) is 1.71. The van der Waals surface area contributed by atoms with Crippen LogP contribution in [0.2, 0.25) is 0 Å². The van der Waals surface area contributed by atoms with E-state index in [2.05, 4.69) is 6.92 Å². The number of benzene rings is 1. The summed E-state index contributed by atoms with van der Waals surface area (Å²) >= 11 is 0. The van der Waals surface area contributed by atoms with E-state index in [4.69, 9.17) is 0 Å². The van der Waals surface area contributed by atoms with E-state index in [-0.39, 0.29) is 40.6 Å². The Morgan fingerprint density at radius 1 is 1.38 bits per heavy atom. The molecule has 0 spiro atoms. The molecule has 0 aliphatic carbocycles. The first kappa shape index (κ1) is 15.9. The first-order valence-electron chi connectivity index (χ1n) is 5.40. The van der Waals surface area contributed by atoms with E-state index in [1.807, 2.05) is 30.3 Å². The number of hydrogen-bond donors (Lipinski definition) is 1. The molecule has 1 aromatic carbocycles. The Kier molecular flexibility index (Phi) is 7.29. The van der Waals surface area contributed by atoms with Crippen LogP contribution in [-0.2, 0) is 10.2 Å². The zero-order valence-electron chi connectivity index (χ0n) is 12.1. The minimum absolute atomic E-state index is 0. The number of aliphatic carboxylic acids is 1. The van der Waals surface area contributed by atoms with Crippen molar-refractivity contribution in [2.75, 3.05) is 0 Å². The molecule has 0 saturated heterocycles. The van der Waals surface area contributed by atoms with Gasteiger partial charge in [-0.2, -0.15) is 0 Å². The van der Waals surface area contributed by atoms with Gasteiger partial charge in [-0.3, -0.25) is 4.79 Å². The van der Waals surface area contributed by atoms with E-state index >= 15 is 0 Å². The van der Waals surface area contributed by atoms with Crippen LogP contribution in [0.5, 0.6) is 0 Å². The van der Waals surface area contributed by atoms with Crippen LogP contribution in [0, 0.1) is 0 Å². The molecule has 0 aliphatic rings. The van der Waals surface area contributed by atoms with E-state index in [0.717, 1.165) is 18.4 Å². The van der Waals surface area contributed by atoms with Gasteiger partial charge < -0.3 is 7.96 Å². The van der Waals surface area contributed by atoms with Crippen molar-refractivity contribution in [3.63, 3.8) is 0 Å². The van der Waals surface area contributed by atoms with Crippen molar-refractivity contribution in [1.82, 2.24) is 0 Å². The molecule has 0 amide bonds. The zero-order valence-corrected chi connectivity index (χ0v) is 12.3. The molecule has 86 valence electrons. The van der Waals surface area contributed by atoms with E-state index < -0.39 is 11.4 Å². The molecule has 0 fully saturated rings. The summed E-state index contributed by atoms with van der Waals surface area (Å²) in [5.41, 5.74) is 0.156. The minimum atomic E-state index is -0.739. The van der Waals surface area contributed by atoms with Gasteiger partial charge in [0, 0.05) is 0 Å². The van der Waals surface area contributed by atoms with Gasteiger partial charge in [0.2, 0.25) is 0 Å². The van der Waals surface area contributed by atoms with Crippen LogP contribution in [0.1, 0.15) is 41.5 Å². The summed E-state index contributed by atoms with van der Waals surface area (Å²) < 4.78 is 0. The third kappa shape index (κ3) is 3.76. The van der Waals surface area contributed by atoms with Gasteiger partial charge in [-0.1, -0.05) is 50.1 Å². The second-order valence-corrected chi connectivity index (χ2v) is 4.11. The van der Waals surface area contributed by atoms with Gasteiger partial charge in [-0.05, 0) is 18.9 Å². The quantitative estimate of drug-likeness (QED) is 0.813. The zero-order chi connectivity index (χ0) is 11.3. The number of carboxylic acid groups (broad SMARTS) is 1. The summed E-state index contributed by atoms with van der Waals surface area (Å²) in [4.78, 5) is 11.3. The Morgan fingerprint density at radius 3 is 2.38 bits per heavy atom. The molecule has 1 unspecified atom stereocenters. The topological polar surface area (TPSA) is 37.3 Å². The van der Waals surface area contributed by atoms with Crippen LogP contribution in [-0.4, -0.2) is 48.8 Å². The van der Waals surface area contributed by atoms with E-state index in [9.17, 15) is 9.90 Å². The van der Waals surface area contributed by atoms with Crippen molar-refractivity contribution in [3.8, 4) is 0 Å². The van der Waals surface area contributed by atoms with Crippen LogP contribution in [0.15, 0.2) is 30.3 Å². The van der Waals surface area contributed by atoms with E-state index in [0.29, 0.717) is 6.42 Å². The maximum atomic E-state index is 11.3. The van der Waals surface area contributed by atoms with Crippen molar-refractivity contribution < 1.29 is 12.8 Å². The van der Waals surface area contributed by atoms with Gasteiger partial charge in [0.05, 0.1) is 5.41 Å². The predicted octanol–water partition coefficient (Wildman–Crippen LogP) is 3.06. The van der Waals surface area contributed by atoms with E-state index in [1.54, 1.807) is 6.92 Å². The molecule has 0 radical (unpaired) electrons. The third-order valence-electron chi connectivity index (χ3n) is 2.91. The Hall–Kier alpha value is -0.0503. The summed E-state index contributed by atoms with van der Waals surface area (Å²) in [6.07, 6.45) is 2.66. The molecule has 16 heavy (non-hydrogen) atoms. The first-order valence-corrected chi connectivity index (χ1v) is 5.40. The Morgan fingerprint density at radius 2 is 1.94 bits per heavy atom. The summed E-state index contributed by atoms with van der Waals surface area (Å²) in [6.45, 7) is 3.88.